The predicted octanol–water partition coefficient (Wildman–Crippen LogP) is 2.77. The Hall–Kier alpha value is -0.0800. The maximum atomic E-state index is 6.06. The minimum absolute atomic E-state index is 0.259. The fourth-order valence-corrected chi connectivity index (χ4v) is 3.31. The van der Waals surface area contributed by atoms with E-state index in [4.69, 9.17) is 5.73 Å². The maximum absolute atomic E-state index is 6.06. The zero-order valence-corrected chi connectivity index (χ0v) is 11.0. The second kappa shape index (κ2) is 4.84. The van der Waals surface area contributed by atoms with Crippen molar-refractivity contribution in [3.8, 4) is 0 Å². The highest BCUT2D eigenvalue weighted by atomic mass is 15.3. The Morgan fingerprint density at radius 2 is 2.00 bits per heavy atom. The van der Waals surface area contributed by atoms with Gasteiger partial charge in [0.05, 0.1) is 0 Å². The van der Waals surface area contributed by atoms with Crippen LogP contribution in [0, 0.1) is 0 Å². The Morgan fingerprint density at radius 1 is 1.33 bits per heavy atom. The van der Waals surface area contributed by atoms with Crippen LogP contribution in [0.3, 0.4) is 0 Å². The van der Waals surface area contributed by atoms with Gasteiger partial charge in [0, 0.05) is 17.6 Å². The van der Waals surface area contributed by atoms with E-state index in [1.807, 2.05) is 0 Å². The first-order valence-corrected chi connectivity index (χ1v) is 6.50. The van der Waals surface area contributed by atoms with Crippen molar-refractivity contribution in [3.05, 3.63) is 0 Å². The van der Waals surface area contributed by atoms with Crippen molar-refractivity contribution in [3.63, 3.8) is 0 Å². The second-order valence-corrected chi connectivity index (χ2v) is 5.60. The molecule has 0 aromatic heterocycles. The summed E-state index contributed by atoms with van der Waals surface area (Å²) in [5.41, 5.74) is 6.67. The molecule has 1 aliphatic rings. The van der Waals surface area contributed by atoms with E-state index in [1.165, 1.54) is 38.6 Å². The van der Waals surface area contributed by atoms with Gasteiger partial charge in [0.2, 0.25) is 0 Å². The van der Waals surface area contributed by atoms with Crippen molar-refractivity contribution in [1.82, 2.24) is 4.90 Å². The minimum Gasteiger partial charge on any atom is -0.329 e. The highest BCUT2D eigenvalue weighted by molar-refractivity contribution is 5.00. The molecule has 1 atom stereocenters. The van der Waals surface area contributed by atoms with Crippen LogP contribution < -0.4 is 5.73 Å². The summed E-state index contributed by atoms with van der Waals surface area (Å²) < 4.78 is 0. The molecule has 0 aromatic rings. The predicted molar refractivity (Wildman–Crippen MR) is 67.0 cm³/mol. The van der Waals surface area contributed by atoms with E-state index in [1.54, 1.807) is 0 Å². The van der Waals surface area contributed by atoms with Crippen LogP contribution in [0.2, 0.25) is 0 Å². The van der Waals surface area contributed by atoms with Crippen molar-refractivity contribution >= 4 is 0 Å². The minimum atomic E-state index is 0.259. The van der Waals surface area contributed by atoms with E-state index in [2.05, 4.69) is 32.6 Å². The Balaban J connectivity index is 2.87. The van der Waals surface area contributed by atoms with Crippen molar-refractivity contribution in [1.29, 1.82) is 0 Å². The highest BCUT2D eigenvalue weighted by Gasteiger charge is 2.43. The molecule has 1 saturated heterocycles. The Labute approximate surface area is 95.2 Å². The summed E-state index contributed by atoms with van der Waals surface area (Å²) in [4.78, 5) is 2.68. The Morgan fingerprint density at radius 3 is 2.33 bits per heavy atom. The normalized spacial score (nSPS) is 25.4. The van der Waals surface area contributed by atoms with Crippen LogP contribution in [0.4, 0.5) is 0 Å². The maximum Gasteiger partial charge on any atom is 0.0334 e. The van der Waals surface area contributed by atoms with Gasteiger partial charge >= 0.3 is 0 Å². The number of hydrogen-bond donors (Lipinski definition) is 1. The van der Waals surface area contributed by atoms with Gasteiger partial charge < -0.3 is 5.73 Å². The third kappa shape index (κ3) is 2.36. The van der Waals surface area contributed by atoms with Crippen molar-refractivity contribution in [2.24, 2.45) is 5.73 Å². The fraction of sp³-hybridized carbons (Fsp3) is 1.00. The number of likely N-dealkylation sites (tertiary alicyclic amines) is 1. The third-order valence-electron chi connectivity index (χ3n) is 4.23. The molecule has 0 bridgehead atoms. The van der Waals surface area contributed by atoms with Crippen LogP contribution in [0.5, 0.6) is 0 Å². The monoisotopic (exact) mass is 212 g/mol. The van der Waals surface area contributed by atoms with E-state index in [0.29, 0.717) is 5.54 Å². The molecule has 0 aromatic carbocycles. The zero-order valence-electron chi connectivity index (χ0n) is 11.0. The molecule has 0 saturated carbocycles. The van der Waals surface area contributed by atoms with Crippen LogP contribution in [-0.4, -0.2) is 29.1 Å². The van der Waals surface area contributed by atoms with Gasteiger partial charge in [-0.05, 0) is 46.1 Å². The van der Waals surface area contributed by atoms with E-state index >= 15 is 0 Å². The van der Waals surface area contributed by atoms with E-state index in [0.717, 1.165) is 6.54 Å². The molecule has 0 spiro atoms. The second-order valence-electron chi connectivity index (χ2n) is 5.60. The molecule has 0 amide bonds. The smallest absolute Gasteiger partial charge is 0.0334 e. The number of hydrogen-bond acceptors (Lipinski definition) is 2. The third-order valence-corrected chi connectivity index (χ3v) is 4.23. The molecule has 0 aliphatic carbocycles. The number of rotatable bonds is 5. The highest BCUT2D eigenvalue weighted by Crippen LogP contribution is 2.38. The number of nitrogens with zero attached hydrogens (tertiary/aromatic N) is 1. The van der Waals surface area contributed by atoms with Gasteiger partial charge in [0.15, 0.2) is 0 Å². The molecule has 2 nitrogen and oxygen atoms in total. The molecule has 90 valence electrons. The first-order valence-electron chi connectivity index (χ1n) is 6.50. The van der Waals surface area contributed by atoms with Crippen LogP contribution in [0.25, 0.3) is 0 Å². The Kier molecular flexibility index (Phi) is 4.19. The van der Waals surface area contributed by atoms with Gasteiger partial charge in [-0.3, -0.25) is 4.90 Å². The van der Waals surface area contributed by atoms with Gasteiger partial charge in [-0.2, -0.15) is 0 Å². The van der Waals surface area contributed by atoms with Gasteiger partial charge in [-0.1, -0.05) is 20.3 Å². The van der Waals surface area contributed by atoms with Gasteiger partial charge in [-0.15, -0.1) is 0 Å². The molecule has 2 N–H and O–H groups in total. The van der Waals surface area contributed by atoms with Crippen molar-refractivity contribution in [2.45, 2.75) is 70.9 Å². The molecule has 1 rings (SSSR count). The molecule has 1 unspecified atom stereocenters. The first-order chi connectivity index (χ1) is 7.02. The summed E-state index contributed by atoms with van der Waals surface area (Å²) in [5, 5.41) is 0. The molecule has 2 heteroatoms. The quantitative estimate of drug-likeness (QED) is 0.759. The van der Waals surface area contributed by atoms with E-state index in [-0.39, 0.29) is 5.54 Å². The lowest BCUT2D eigenvalue weighted by Crippen LogP contribution is -2.58. The fourth-order valence-electron chi connectivity index (χ4n) is 3.31. The summed E-state index contributed by atoms with van der Waals surface area (Å²) in [6.45, 7) is 11.3. The standard InChI is InChI=1S/C13H28N2/c1-5-8-13(6-2,11-14)15-10-7-9-12(15,3)4/h5-11,14H2,1-4H3. The van der Waals surface area contributed by atoms with Gasteiger partial charge in [0.1, 0.15) is 0 Å². The summed E-state index contributed by atoms with van der Waals surface area (Å²) in [7, 11) is 0. The van der Waals surface area contributed by atoms with Crippen LogP contribution in [0.1, 0.15) is 59.8 Å². The van der Waals surface area contributed by atoms with Gasteiger partial charge in [0.25, 0.3) is 0 Å². The molecule has 1 aliphatic heterocycles. The molecule has 0 radical (unpaired) electrons. The largest absolute Gasteiger partial charge is 0.329 e. The number of nitrogens with two attached hydrogens (primary N) is 1. The molecule has 1 fully saturated rings. The zero-order chi connectivity index (χ0) is 11.5. The summed E-state index contributed by atoms with van der Waals surface area (Å²) in [5.74, 6) is 0. The van der Waals surface area contributed by atoms with Gasteiger partial charge in [-0.25, -0.2) is 0 Å². The summed E-state index contributed by atoms with van der Waals surface area (Å²) in [6.07, 6.45) is 6.30. The first kappa shape index (κ1) is 13.0. The summed E-state index contributed by atoms with van der Waals surface area (Å²) >= 11 is 0. The lowest BCUT2D eigenvalue weighted by atomic mass is 9.85. The average Bonchev–Trinajstić information content (AvgIpc) is 2.56. The van der Waals surface area contributed by atoms with Crippen LogP contribution >= 0.6 is 0 Å². The Bertz CT molecular complexity index is 195. The lowest BCUT2D eigenvalue weighted by Gasteiger charge is -2.48. The average molecular weight is 212 g/mol. The molecular weight excluding hydrogens is 184 g/mol. The molecule has 15 heavy (non-hydrogen) atoms. The van der Waals surface area contributed by atoms with Crippen LogP contribution in [-0.2, 0) is 0 Å². The molecular formula is C13H28N2. The van der Waals surface area contributed by atoms with Crippen molar-refractivity contribution < 1.29 is 0 Å². The topological polar surface area (TPSA) is 29.3 Å². The summed E-state index contributed by atoms with van der Waals surface area (Å²) in [6, 6.07) is 0. The van der Waals surface area contributed by atoms with E-state index < -0.39 is 0 Å². The van der Waals surface area contributed by atoms with Crippen LogP contribution in [0.15, 0.2) is 0 Å². The SMILES string of the molecule is CCCC(CC)(CN)N1CCCC1(C)C. The van der Waals surface area contributed by atoms with Crippen molar-refractivity contribution in [2.75, 3.05) is 13.1 Å². The van der Waals surface area contributed by atoms with E-state index in [9.17, 15) is 0 Å². The lowest BCUT2D eigenvalue weighted by molar-refractivity contribution is 0.0246. The molecule has 1 heterocycles.